The Bertz CT molecular complexity index is 3150. The summed E-state index contributed by atoms with van der Waals surface area (Å²) in [4.78, 5) is 19.8. The van der Waals surface area contributed by atoms with E-state index in [-0.39, 0.29) is 0 Å². The van der Waals surface area contributed by atoms with Gasteiger partial charge in [0.1, 0.15) is 5.52 Å². The molecule has 0 atom stereocenters. The number of nitrogens with zero attached hydrogens (tertiary/aromatic N) is 5. The molecule has 0 bridgehead atoms. The van der Waals surface area contributed by atoms with Crippen LogP contribution in [0.4, 0.5) is 0 Å². The van der Waals surface area contributed by atoms with Crippen LogP contribution in [0.15, 0.2) is 180 Å². The molecular weight excluding hydrogens is 663 g/mol. The fraction of sp³-hybridized carbons (Fsp3) is 0. The SMILES string of the molecule is c1ccc(-c2nc(-c3ccccc3)nc(-c3ccc4c(ccc5ccc6nc(-c7ccc8c9ccccc9n(-c9ccccc9)c8c7)oc6c54)c3)n2)cc1. The number of oxazole rings is 1. The van der Waals surface area contributed by atoms with Gasteiger partial charge in [0, 0.05) is 44.1 Å². The zero-order valence-electron chi connectivity index (χ0n) is 28.9. The van der Waals surface area contributed by atoms with E-state index >= 15 is 0 Å². The molecule has 0 N–H and O–H groups in total. The van der Waals surface area contributed by atoms with Gasteiger partial charge in [-0.3, -0.25) is 0 Å². The highest BCUT2D eigenvalue weighted by molar-refractivity contribution is 6.18. The minimum Gasteiger partial charge on any atom is -0.435 e. The van der Waals surface area contributed by atoms with Gasteiger partial charge in [-0.1, -0.05) is 133 Å². The molecule has 0 fully saturated rings. The van der Waals surface area contributed by atoms with Crippen molar-refractivity contribution in [2.24, 2.45) is 0 Å². The number of benzene rings is 8. The number of fused-ring (bicyclic) bond motifs is 8. The average Bonchev–Trinajstić information content (AvgIpc) is 3.84. The number of hydrogen-bond acceptors (Lipinski definition) is 5. The van der Waals surface area contributed by atoms with Crippen molar-refractivity contribution in [1.29, 1.82) is 0 Å². The first-order valence-electron chi connectivity index (χ1n) is 18.0. The van der Waals surface area contributed by atoms with Gasteiger partial charge in [-0.2, -0.15) is 0 Å². The number of aromatic nitrogens is 5. The lowest BCUT2D eigenvalue weighted by molar-refractivity contribution is 0.623. The minimum atomic E-state index is 0.588. The van der Waals surface area contributed by atoms with Crippen LogP contribution in [-0.2, 0) is 0 Å². The summed E-state index contributed by atoms with van der Waals surface area (Å²) in [5, 5.41) is 6.64. The molecule has 0 aliphatic heterocycles. The van der Waals surface area contributed by atoms with Crippen LogP contribution >= 0.6 is 0 Å². The monoisotopic (exact) mass is 691 g/mol. The molecule has 0 aliphatic rings. The van der Waals surface area contributed by atoms with Crippen LogP contribution in [-0.4, -0.2) is 24.5 Å². The van der Waals surface area contributed by atoms with E-state index < -0.39 is 0 Å². The minimum absolute atomic E-state index is 0.588. The molecule has 6 heteroatoms. The summed E-state index contributed by atoms with van der Waals surface area (Å²) in [7, 11) is 0. The Morgan fingerprint density at radius 1 is 0.389 bits per heavy atom. The van der Waals surface area contributed by atoms with Crippen molar-refractivity contribution < 1.29 is 4.42 Å². The fourth-order valence-electron chi connectivity index (χ4n) is 7.69. The third-order valence-electron chi connectivity index (χ3n) is 10.2. The van der Waals surface area contributed by atoms with E-state index in [1.54, 1.807) is 0 Å². The van der Waals surface area contributed by atoms with E-state index in [0.717, 1.165) is 71.6 Å². The van der Waals surface area contributed by atoms with Gasteiger partial charge in [-0.15, -0.1) is 0 Å². The van der Waals surface area contributed by atoms with Gasteiger partial charge < -0.3 is 8.98 Å². The molecule has 11 aromatic rings. The van der Waals surface area contributed by atoms with Crippen LogP contribution in [0.1, 0.15) is 0 Å². The van der Waals surface area contributed by atoms with Gasteiger partial charge in [-0.05, 0) is 58.6 Å². The normalized spacial score (nSPS) is 11.7. The van der Waals surface area contributed by atoms with E-state index in [9.17, 15) is 0 Å². The lowest BCUT2D eigenvalue weighted by Crippen LogP contribution is -2.00. The maximum atomic E-state index is 6.74. The van der Waals surface area contributed by atoms with Crippen molar-refractivity contribution >= 4 is 54.5 Å². The van der Waals surface area contributed by atoms with Gasteiger partial charge >= 0.3 is 0 Å². The topological polar surface area (TPSA) is 69.6 Å². The Morgan fingerprint density at radius 3 is 1.70 bits per heavy atom. The summed E-state index contributed by atoms with van der Waals surface area (Å²) in [5.41, 5.74) is 8.67. The molecule has 3 aromatic heterocycles. The maximum absolute atomic E-state index is 6.74. The van der Waals surface area contributed by atoms with E-state index in [1.165, 1.54) is 10.8 Å². The standard InChI is InChI=1S/C48H29N5O/c1-4-12-31(13-5-1)45-50-46(32-14-6-2-7-15-32)52-47(51-45)34-22-25-37-33(28-34)21-20-30-24-27-40-44(43(30)37)54-48(49-40)35-23-26-39-38-18-10-11-19-41(38)53(42(39)29-35)36-16-8-3-9-17-36/h1-29H. The summed E-state index contributed by atoms with van der Waals surface area (Å²) < 4.78 is 9.05. The molecule has 8 aromatic carbocycles. The van der Waals surface area contributed by atoms with Gasteiger partial charge in [0.05, 0.1) is 11.0 Å². The van der Waals surface area contributed by atoms with Crippen LogP contribution in [0.2, 0.25) is 0 Å². The Kier molecular flexibility index (Phi) is 6.75. The highest BCUT2D eigenvalue weighted by Gasteiger charge is 2.18. The Labute approximate surface area is 309 Å². The molecule has 252 valence electrons. The number of rotatable bonds is 5. The molecule has 0 aliphatic carbocycles. The van der Waals surface area contributed by atoms with Crippen molar-refractivity contribution in [3.8, 4) is 51.3 Å². The molecule has 0 saturated heterocycles. The van der Waals surface area contributed by atoms with Gasteiger partial charge in [0.15, 0.2) is 23.1 Å². The van der Waals surface area contributed by atoms with E-state index in [4.69, 9.17) is 24.4 Å². The van der Waals surface area contributed by atoms with Gasteiger partial charge in [0.2, 0.25) is 5.89 Å². The van der Waals surface area contributed by atoms with Gasteiger partial charge in [0.25, 0.3) is 0 Å². The molecule has 0 unspecified atom stereocenters. The lowest BCUT2D eigenvalue weighted by atomic mass is 9.99. The quantitative estimate of drug-likeness (QED) is 0.168. The first-order chi connectivity index (χ1) is 26.7. The van der Waals surface area contributed by atoms with Gasteiger partial charge in [-0.25, -0.2) is 19.9 Å². The van der Waals surface area contributed by atoms with Crippen molar-refractivity contribution in [3.63, 3.8) is 0 Å². The Hall–Kier alpha value is -7.44. The van der Waals surface area contributed by atoms with Crippen LogP contribution < -0.4 is 0 Å². The summed E-state index contributed by atoms with van der Waals surface area (Å²) >= 11 is 0. The third-order valence-corrected chi connectivity index (χ3v) is 10.2. The van der Waals surface area contributed by atoms with Crippen LogP contribution in [0.3, 0.4) is 0 Å². The average molecular weight is 692 g/mol. The number of para-hydroxylation sites is 2. The smallest absolute Gasteiger partial charge is 0.227 e. The van der Waals surface area contributed by atoms with Crippen molar-refractivity contribution in [2.45, 2.75) is 0 Å². The maximum Gasteiger partial charge on any atom is 0.227 e. The first-order valence-corrected chi connectivity index (χ1v) is 18.0. The second kappa shape index (κ2) is 12.1. The predicted molar refractivity (Wildman–Crippen MR) is 218 cm³/mol. The molecule has 54 heavy (non-hydrogen) atoms. The third kappa shape index (κ3) is 4.89. The molecule has 0 saturated carbocycles. The van der Waals surface area contributed by atoms with Crippen LogP contribution in [0.5, 0.6) is 0 Å². The summed E-state index contributed by atoms with van der Waals surface area (Å²) in [5.74, 6) is 2.48. The molecule has 6 nitrogen and oxygen atoms in total. The molecular formula is C48H29N5O. The predicted octanol–water partition coefficient (Wildman–Crippen LogP) is 12.1. The van der Waals surface area contributed by atoms with Crippen LogP contribution in [0, 0.1) is 0 Å². The number of hydrogen-bond donors (Lipinski definition) is 0. The summed E-state index contributed by atoms with van der Waals surface area (Å²) in [6.45, 7) is 0. The molecule has 11 rings (SSSR count). The Balaban J connectivity index is 1.06. The van der Waals surface area contributed by atoms with Crippen LogP contribution in [0.25, 0.3) is 106 Å². The Morgan fingerprint density at radius 2 is 0.963 bits per heavy atom. The molecule has 0 amide bonds. The summed E-state index contributed by atoms with van der Waals surface area (Å²) in [6.07, 6.45) is 0. The van der Waals surface area contributed by atoms with E-state index in [0.29, 0.717) is 23.4 Å². The van der Waals surface area contributed by atoms with E-state index in [1.807, 2.05) is 72.8 Å². The summed E-state index contributed by atoms with van der Waals surface area (Å²) in [6, 6.07) is 60.5. The zero-order chi connectivity index (χ0) is 35.6. The van der Waals surface area contributed by atoms with Crippen molar-refractivity contribution in [1.82, 2.24) is 24.5 Å². The second-order valence-corrected chi connectivity index (χ2v) is 13.5. The largest absolute Gasteiger partial charge is 0.435 e. The highest BCUT2D eigenvalue weighted by atomic mass is 16.3. The van der Waals surface area contributed by atoms with Crippen molar-refractivity contribution in [3.05, 3.63) is 176 Å². The fourth-order valence-corrected chi connectivity index (χ4v) is 7.69. The second-order valence-electron chi connectivity index (χ2n) is 13.5. The first kappa shape index (κ1) is 30.2. The zero-order valence-corrected chi connectivity index (χ0v) is 28.9. The molecule has 0 radical (unpaired) electrons. The highest BCUT2D eigenvalue weighted by Crippen LogP contribution is 2.39. The van der Waals surface area contributed by atoms with E-state index in [2.05, 4.69) is 108 Å². The van der Waals surface area contributed by atoms with Crippen molar-refractivity contribution in [2.75, 3.05) is 0 Å². The molecule has 3 heterocycles. The molecule has 0 spiro atoms. The lowest BCUT2D eigenvalue weighted by Gasteiger charge is -2.10.